The standard InChI is InChI=1S/C21H24ClN3O4/c1-21(2,3)29-20(28)24-12-14-6-5-7-16(10-14)25(13-26)18-11-15(22)8-9-17(18)19(27)23-4/h5-11,13H,12H2,1-4H3,(H,23,27)(H,24,28). The van der Waals surface area contributed by atoms with E-state index in [0.717, 1.165) is 5.56 Å². The fraction of sp³-hybridized carbons (Fsp3) is 0.286. The van der Waals surface area contributed by atoms with Gasteiger partial charge in [-0.25, -0.2) is 4.79 Å². The summed E-state index contributed by atoms with van der Waals surface area (Å²) >= 11 is 6.09. The Morgan fingerprint density at radius 2 is 1.90 bits per heavy atom. The summed E-state index contributed by atoms with van der Waals surface area (Å²) in [5.41, 5.74) is 1.34. The van der Waals surface area contributed by atoms with Crippen LogP contribution in [-0.2, 0) is 16.1 Å². The topological polar surface area (TPSA) is 87.7 Å². The number of hydrogen-bond acceptors (Lipinski definition) is 4. The molecular formula is C21H24ClN3O4. The molecule has 7 nitrogen and oxygen atoms in total. The van der Waals surface area contributed by atoms with Gasteiger partial charge in [-0.3, -0.25) is 14.5 Å². The van der Waals surface area contributed by atoms with Gasteiger partial charge in [-0.1, -0.05) is 23.7 Å². The van der Waals surface area contributed by atoms with E-state index in [4.69, 9.17) is 16.3 Å². The molecule has 154 valence electrons. The third-order valence-corrected chi connectivity index (χ3v) is 4.06. The highest BCUT2D eigenvalue weighted by Crippen LogP contribution is 2.30. The van der Waals surface area contributed by atoms with Crippen molar-refractivity contribution in [2.45, 2.75) is 32.9 Å². The van der Waals surface area contributed by atoms with Crippen LogP contribution in [0.1, 0.15) is 36.7 Å². The summed E-state index contributed by atoms with van der Waals surface area (Å²) < 4.78 is 5.22. The lowest BCUT2D eigenvalue weighted by molar-refractivity contribution is -0.106. The van der Waals surface area contributed by atoms with Gasteiger partial charge in [0.1, 0.15) is 5.60 Å². The van der Waals surface area contributed by atoms with E-state index in [1.807, 2.05) is 6.07 Å². The van der Waals surface area contributed by atoms with Crippen LogP contribution in [0.5, 0.6) is 0 Å². The van der Waals surface area contributed by atoms with Crippen LogP contribution in [0.15, 0.2) is 42.5 Å². The molecule has 2 aromatic carbocycles. The van der Waals surface area contributed by atoms with E-state index in [9.17, 15) is 14.4 Å². The van der Waals surface area contributed by atoms with Crippen molar-refractivity contribution in [3.63, 3.8) is 0 Å². The van der Waals surface area contributed by atoms with E-state index in [1.165, 1.54) is 11.9 Å². The molecule has 0 saturated carbocycles. The first-order valence-corrected chi connectivity index (χ1v) is 9.34. The van der Waals surface area contributed by atoms with Crippen LogP contribution in [0.4, 0.5) is 16.2 Å². The molecule has 0 radical (unpaired) electrons. The van der Waals surface area contributed by atoms with Gasteiger partial charge in [-0.15, -0.1) is 0 Å². The number of rotatable bonds is 6. The Bertz CT molecular complexity index is 909. The molecule has 0 unspecified atom stereocenters. The number of hydrogen-bond donors (Lipinski definition) is 2. The number of nitrogens with zero attached hydrogens (tertiary/aromatic N) is 1. The van der Waals surface area contributed by atoms with Crippen LogP contribution in [0.3, 0.4) is 0 Å². The first-order chi connectivity index (χ1) is 13.6. The van der Waals surface area contributed by atoms with Crippen LogP contribution >= 0.6 is 11.6 Å². The lowest BCUT2D eigenvalue weighted by atomic mass is 10.1. The quantitative estimate of drug-likeness (QED) is 0.695. The third-order valence-electron chi connectivity index (χ3n) is 3.82. The number of halogens is 1. The van der Waals surface area contributed by atoms with Crippen molar-refractivity contribution in [2.24, 2.45) is 0 Å². The summed E-state index contributed by atoms with van der Waals surface area (Å²) in [6.07, 6.45) is 0.0743. The predicted octanol–water partition coefficient (Wildman–Crippen LogP) is 4.02. The average molecular weight is 418 g/mol. The summed E-state index contributed by atoms with van der Waals surface area (Å²) in [4.78, 5) is 37.3. The van der Waals surface area contributed by atoms with Crippen molar-refractivity contribution in [2.75, 3.05) is 11.9 Å². The zero-order chi connectivity index (χ0) is 21.6. The van der Waals surface area contributed by atoms with Crippen molar-refractivity contribution < 1.29 is 19.1 Å². The zero-order valence-electron chi connectivity index (χ0n) is 16.8. The van der Waals surface area contributed by atoms with E-state index in [1.54, 1.807) is 57.2 Å². The number of benzene rings is 2. The third kappa shape index (κ3) is 6.22. The van der Waals surface area contributed by atoms with Gasteiger partial charge in [0.05, 0.1) is 11.3 Å². The van der Waals surface area contributed by atoms with Crippen molar-refractivity contribution in [3.05, 3.63) is 58.6 Å². The molecule has 0 aliphatic rings. The summed E-state index contributed by atoms with van der Waals surface area (Å²) in [6, 6.07) is 11.7. The minimum Gasteiger partial charge on any atom is -0.444 e. The van der Waals surface area contributed by atoms with Gasteiger partial charge >= 0.3 is 6.09 Å². The molecule has 0 aliphatic carbocycles. The van der Waals surface area contributed by atoms with Crippen molar-refractivity contribution in [1.82, 2.24) is 10.6 Å². The SMILES string of the molecule is CNC(=O)c1ccc(Cl)cc1N(C=O)c1cccc(CNC(=O)OC(C)(C)C)c1. The second kappa shape index (κ2) is 9.43. The molecule has 0 spiro atoms. The average Bonchev–Trinajstić information content (AvgIpc) is 2.65. The molecule has 29 heavy (non-hydrogen) atoms. The zero-order valence-corrected chi connectivity index (χ0v) is 17.5. The number of ether oxygens (including phenoxy) is 1. The van der Waals surface area contributed by atoms with E-state index in [2.05, 4.69) is 10.6 Å². The monoisotopic (exact) mass is 417 g/mol. The number of alkyl carbamates (subject to hydrolysis) is 1. The maximum atomic E-state index is 12.2. The van der Waals surface area contributed by atoms with Gasteiger partial charge in [-0.2, -0.15) is 0 Å². The first kappa shape index (κ1) is 22.2. The summed E-state index contributed by atoms with van der Waals surface area (Å²) in [5, 5.41) is 5.61. The normalized spacial score (nSPS) is 10.8. The summed E-state index contributed by atoms with van der Waals surface area (Å²) in [6.45, 7) is 5.56. The van der Waals surface area contributed by atoms with Crippen molar-refractivity contribution in [3.8, 4) is 0 Å². The second-order valence-electron chi connectivity index (χ2n) is 7.24. The Labute approximate surface area is 175 Å². The molecule has 2 rings (SSSR count). The molecule has 3 amide bonds. The van der Waals surface area contributed by atoms with E-state index in [-0.39, 0.29) is 12.5 Å². The minimum absolute atomic E-state index is 0.216. The van der Waals surface area contributed by atoms with E-state index >= 15 is 0 Å². The number of nitrogens with one attached hydrogen (secondary N) is 2. The molecule has 2 aromatic rings. The van der Waals surface area contributed by atoms with Gasteiger partial charge in [-0.05, 0) is 56.7 Å². The van der Waals surface area contributed by atoms with Gasteiger partial charge in [0, 0.05) is 24.3 Å². The molecule has 0 aromatic heterocycles. The van der Waals surface area contributed by atoms with Crippen LogP contribution in [0, 0.1) is 0 Å². The minimum atomic E-state index is -0.594. The van der Waals surface area contributed by atoms with Crippen molar-refractivity contribution >= 4 is 41.4 Å². The molecule has 0 heterocycles. The van der Waals surface area contributed by atoms with Gasteiger partial charge in [0.15, 0.2) is 0 Å². The Hall–Kier alpha value is -3.06. The molecule has 8 heteroatoms. The highest BCUT2D eigenvalue weighted by Gasteiger charge is 2.19. The van der Waals surface area contributed by atoms with E-state index < -0.39 is 11.7 Å². The number of carbonyl (C=O) groups is 3. The fourth-order valence-electron chi connectivity index (χ4n) is 2.59. The second-order valence-corrected chi connectivity index (χ2v) is 7.68. The van der Waals surface area contributed by atoms with Gasteiger partial charge in [0.2, 0.25) is 6.41 Å². The molecule has 0 bridgehead atoms. The Balaban J connectivity index is 2.29. The predicted molar refractivity (Wildman–Crippen MR) is 113 cm³/mol. The Morgan fingerprint density at radius 1 is 1.17 bits per heavy atom. The highest BCUT2D eigenvalue weighted by atomic mass is 35.5. The summed E-state index contributed by atoms with van der Waals surface area (Å²) in [5.74, 6) is -0.341. The maximum Gasteiger partial charge on any atom is 0.407 e. The van der Waals surface area contributed by atoms with Crippen molar-refractivity contribution in [1.29, 1.82) is 0 Å². The first-order valence-electron chi connectivity index (χ1n) is 8.96. The van der Waals surface area contributed by atoms with Gasteiger partial charge < -0.3 is 15.4 Å². The number of anilines is 2. The van der Waals surface area contributed by atoms with Crippen LogP contribution in [0.2, 0.25) is 5.02 Å². The smallest absolute Gasteiger partial charge is 0.407 e. The lowest BCUT2D eigenvalue weighted by Crippen LogP contribution is -2.32. The molecule has 2 N–H and O–H groups in total. The molecular weight excluding hydrogens is 394 g/mol. The number of amides is 3. The molecule has 0 aliphatic heterocycles. The number of carbonyl (C=O) groups excluding carboxylic acids is 3. The highest BCUT2D eigenvalue weighted by molar-refractivity contribution is 6.31. The van der Waals surface area contributed by atoms with E-state index in [0.29, 0.717) is 28.4 Å². The van der Waals surface area contributed by atoms with Crippen LogP contribution < -0.4 is 15.5 Å². The molecule has 0 saturated heterocycles. The van der Waals surface area contributed by atoms with Gasteiger partial charge in [0.25, 0.3) is 5.91 Å². The Morgan fingerprint density at radius 3 is 2.52 bits per heavy atom. The molecule has 0 fully saturated rings. The molecule has 0 atom stereocenters. The largest absolute Gasteiger partial charge is 0.444 e. The maximum absolute atomic E-state index is 12.2. The fourth-order valence-corrected chi connectivity index (χ4v) is 2.76. The lowest BCUT2D eigenvalue weighted by Gasteiger charge is -2.22. The Kier molecular flexibility index (Phi) is 7.23. The van der Waals surface area contributed by atoms with Crippen LogP contribution in [-0.4, -0.2) is 31.1 Å². The summed E-state index contributed by atoms with van der Waals surface area (Å²) in [7, 11) is 1.51. The van der Waals surface area contributed by atoms with Crippen LogP contribution in [0.25, 0.3) is 0 Å².